The molecule has 0 aliphatic heterocycles. The Hall–Kier alpha value is -0.0631. The largest absolute Gasteiger partial charge is 0.566 e. The molecule has 0 saturated heterocycles. The van der Waals surface area contributed by atoms with Crippen LogP contribution in [0.1, 0.15) is 59.8 Å². The first-order chi connectivity index (χ1) is 12.5. The molecule has 158 valence electrons. The molecule has 0 aromatic heterocycles. The van der Waals surface area contributed by atoms with Crippen molar-refractivity contribution >= 4 is 8.80 Å². The summed E-state index contributed by atoms with van der Waals surface area (Å²) in [5, 5.41) is 0. The lowest BCUT2D eigenvalue weighted by Gasteiger charge is -2.47. The van der Waals surface area contributed by atoms with Crippen LogP contribution in [-0.2, 0) is 32.2 Å². The van der Waals surface area contributed by atoms with E-state index in [9.17, 15) is 0 Å². The minimum absolute atomic E-state index is 0.389. The van der Waals surface area contributed by atoms with Crippen LogP contribution in [0.3, 0.4) is 0 Å². The van der Waals surface area contributed by atoms with Gasteiger partial charge in [-0.1, -0.05) is 32.6 Å². The molecule has 0 amide bonds. The van der Waals surface area contributed by atoms with Gasteiger partial charge in [0, 0.05) is 41.7 Å². The van der Waals surface area contributed by atoms with Crippen LogP contribution in [0.2, 0.25) is 0 Å². The zero-order valence-corrected chi connectivity index (χ0v) is 19.0. The second-order valence-corrected chi connectivity index (χ2v) is 9.02. The summed E-state index contributed by atoms with van der Waals surface area (Å²) in [6.07, 6.45) is 4.23. The van der Waals surface area contributed by atoms with Crippen molar-refractivity contribution in [3.05, 3.63) is 0 Å². The van der Waals surface area contributed by atoms with Gasteiger partial charge in [0.1, 0.15) is 6.10 Å². The molecule has 0 aliphatic carbocycles. The number of ether oxygens (including phenoxy) is 4. The molecule has 3 atom stereocenters. The Bertz CT molecular complexity index is 333. The van der Waals surface area contributed by atoms with E-state index < -0.39 is 26.6 Å². The predicted octanol–water partition coefficient (Wildman–Crippen LogP) is 3.52. The van der Waals surface area contributed by atoms with Gasteiger partial charge in [-0.05, 0) is 27.2 Å². The van der Waals surface area contributed by atoms with Crippen molar-refractivity contribution in [1.29, 1.82) is 0 Å². The minimum Gasteiger partial charge on any atom is -0.374 e. The number of methoxy groups -OCH3 is 1. The minimum atomic E-state index is -3.42. The fourth-order valence-corrected chi connectivity index (χ4v) is 5.69. The van der Waals surface area contributed by atoms with Crippen molar-refractivity contribution in [2.45, 2.75) is 77.6 Å². The van der Waals surface area contributed by atoms with Gasteiger partial charge < -0.3 is 32.2 Å². The van der Waals surface area contributed by atoms with Crippen molar-refractivity contribution in [1.82, 2.24) is 0 Å². The lowest BCUT2D eigenvalue weighted by Crippen LogP contribution is -2.72. The highest BCUT2D eigenvalue weighted by Crippen LogP contribution is 2.37. The molecular weight excluding hydrogens is 356 g/mol. The van der Waals surface area contributed by atoms with Crippen molar-refractivity contribution in [2.75, 3.05) is 41.7 Å². The highest BCUT2D eigenvalue weighted by Gasteiger charge is 2.68. The summed E-state index contributed by atoms with van der Waals surface area (Å²) in [6, 6.07) is 0. The Morgan fingerprint density at radius 3 is 1.88 bits per heavy atom. The first-order valence-electron chi connectivity index (χ1n) is 9.58. The molecule has 0 aromatic rings. The first-order valence-corrected chi connectivity index (χ1v) is 11.3. The SMILES string of the molecule is CCCCCCC(OCC)C(OCC)(OC(C)OC)[Si](OC)(OC)OC. The maximum Gasteiger partial charge on any atom is 0.566 e. The van der Waals surface area contributed by atoms with E-state index >= 15 is 0 Å². The molecule has 0 radical (unpaired) electrons. The molecule has 26 heavy (non-hydrogen) atoms. The van der Waals surface area contributed by atoms with Crippen LogP contribution in [0.5, 0.6) is 0 Å². The average molecular weight is 397 g/mol. The van der Waals surface area contributed by atoms with E-state index in [1.807, 2.05) is 13.8 Å². The zero-order valence-electron chi connectivity index (χ0n) is 18.0. The van der Waals surface area contributed by atoms with E-state index in [4.69, 9.17) is 32.2 Å². The highest BCUT2D eigenvalue weighted by atomic mass is 28.4. The third-order valence-corrected chi connectivity index (χ3v) is 7.43. The van der Waals surface area contributed by atoms with E-state index in [0.29, 0.717) is 13.2 Å². The quantitative estimate of drug-likeness (QED) is 0.212. The Morgan fingerprint density at radius 1 is 0.846 bits per heavy atom. The van der Waals surface area contributed by atoms with Crippen LogP contribution >= 0.6 is 0 Å². The molecule has 0 rings (SSSR count). The van der Waals surface area contributed by atoms with Crippen LogP contribution < -0.4 is 0 Å². The van der Waals surface area contributed by atoms with Crippen LogP contribution in [-0.4, -0.2) is 68.3 Å². The lowest BCUT2D eigenvalue weighted by molar-refractivity contribution is -0.320. The number of hydrogen-bond donors (Lipinski definition) is 0. The molecule has 0 saturated carbocycles. The van der Waals surface area contributed by atoms with Gasteiger partial charge in [0.25, 0.3) is 5.41 Å². The van der Waals surface area contributed by atoms with E-state index in [-0.39, 0.29) is 0 Å². The molecule has 0 spiro atoms. The van der Waals surface area contributed by atoms with Gasteiger partial charge in [0.2, 0.25) is 0 Å². The Balaban J connectivity index is 5.97. The van der Waals surface area contributed by atoms with Gasteiger partial charge in [-0.15, -0.1) is 0 Å². The molecule has 0 fully saturated rings. The molecule has 0 heterocycles. The molecule has 0 aromatic carbocycles. The van der Waals surface area contributed by atoms with Crippen molar-refractivity contribution in [3.63, 3.8) is 0 Å². The van der Waals surface area contributed by atoms with Crippen LogP contribution in [0.25, 0.3) is 0 Å². The normalized spacial score (nSPS) is 17.1. The summed E-state index contributed by atoms with van der Waals surface area (Å²) in [6.45, 7) is 8.74. The van der Waals surface area contributed by atoms with Gasteiger partial charge in [-0.3, -0.25) is 0 Å². The Labute approximate surface area is 160 Å². The molecule has 0 N–H and O–H groups in total. The van der Waals surface area contributed by atoms with Crippen LogP contribution in [0.4, 0.5) is 0 Å². The molecule has 3 unspecified atom stereocenters. The number of rotatable bonds is 17. The summed E-state index contributed by atoms with van der Waals surface area (Å²) < 4.78 is 41.2. The van der Waals surface area contributed by atoms with Crippen LogP contribution in [0.15, 0.2) is 0 Å². The number of unbranched alkanes of at least 4 members (excludes halogenated alkanes) is 3. The summed E-state index contributed by atoms with van der Waals surface area (Å²) in [7, 11) is 2.81. The third-order valence-electron chi connectivity index (χ3n) is 4.38. The van der Waals surface area contributed by atoms with E-state index in [2.05, 4.69) is 6.92 Å². The molecule has 8 heteroatoms. The third kappa shape index (κ3) is 6.52. The predicted molar refractivity (Wildman–Crippen MR) is 103 cm³/mol. The van der Waals surface area contributed by atoms with Gasteiger partial charge in [0.15, 0.2) is 6.29 Å². The van der Waals surface area contributed by atoms with E-state index in [0.717, 1.165) is 19.3 Å². The molecule has 7 nitrogen and oxygen atoms in total. The van der Waals surface area contributed by atoms with Crippen molar-refractivity contribution < 1.29 is 32.2 Å². The Kier molecular flexibility index (Phi) is 14.0. The van der Waals surface area contributed by atoms with Gasteiger partial charge in [-0.2, -0.15) is 0 Å². The standard InChI is InChI=1S/C18H40O7Si/c1-9-12-13-14-15-17(23-10-2)18(24-11-3,25-16(4)19-5)26(20-6,21-7)22-8/h16-17H,9-15H2,1-8H3. The Morgan fingerprint density at radius 2 is 1.46 bits per heavy atom. The summed E-state index contributed by atoms with van der Waals surface area (Å²) in [5.41, 5.74) is -1.32. The zero-order chi connectivity index (χ0) is 20.1. The fraction of sp³-hybridized carbons (Fsp3) is 1.00. The van der Waals surface area contributed by atoms with E-state index in [1.165, 1.54) is 12.8 Å². The van der Waals surface area contributed by atoms with Gasteiger partial charge >= 0.3 is 8.80 Å². The molecular formula is C18H40O7Si. The van der Waals surface area contributed by atoms with Gasteiger partial charge in [0.05, 0.1) is 0 Å². The highest BCUT2D eigenvalue weighted by molar-refractivity contribution is 6.63. The average Bonchev–Trinajstić information content (AvgIpc) is 2.65. The second-order valence-electron chi connectivity index (χ2n) is 5.98. The first kappa shape index (κ1) is 25.9. The molecule has 0 aliphatic rings. The topological polar surface area (TPSA) is 64.6 Å². The monoisotopic (exact) mass is 396 g/mol. The fourth-order valence-electron chi connectivity index (χ4n) is 3.09. The molecule has 0 bridgehead atoms. The summed E-state index contributed by atoms with van der Waals surface area (Å²) in [5.74, 6) is 0. The smallest absolute Gasteiger partial charge is 0.374 e. The maximum atomic E-state index is 6.25. The lowest BCUT2D eigenvalue weighted by atomic mass is 10.1. The van der Waals surface area contributed by atoms with E-state index in [1.54, 1.807) is 35.4 Å². The van der Waals surface area contributed by atoms with Gasteiger partial charge in [-0.25, -0.2) is 0 Å². The summed E-state index contributed by atoms with van der Waals surface area (Å²) in [4.78, 5) is 0. The van der Waals surface area contributed by atoms with Crippen molar-refractivity contribution in [3.8, 4) is 0 Å². The van der Waals surface area contributed by atoms with Crippen LogP contribution in [0, 0.1) is 0 Å². The van der Waals surface area contributed by atoms with Crippen molar-refractivity contribution in [2.24, 2.45) is 0 Å². The maximum absolute atomic E-state index is 6.25. The second kappa shape index (κ2) is 14.0. The number of hydrogen-bond acceptors (Lipinski definition) is 7. The summed E-state index contributed by atoms with van der Waals surface area (Å²) >= 11 is 0.